The zero-order chi connectivity index (χ0) is 12.8. The molecule has 98 valence electrons. The number of carbonyl (C=O) groups is 1. The lowest BCUT2D eigenvalue weighted by Gasteiger charge is -2.00. The molecule has 0 saturated carbocycles. The number of hydrogen-bond donors (Lipinski definition) is 1. The molecular formula is C15H21NOS. The molecule has 0 bridgehead atoms. The Labute approximate surface area is 113 Å². The van der Waals surface area contributed by atoms with Crippen LogP contribution in [0, 0.1) is 0 Å². The lowest BCUT2D eigenvalue weighted by molar-refractivity contribution is 0.0958. The van der Waals surface area contributed by atoms with Crippen LogP contribution in [0.2, 0.25) is 0 Å². The Kier molecular flexibility index (Phi) is 5.00. The van der Waals surface area contributed by atoms with Gasteiger partial charge in [-0.1, -0.05) is 18.6 Å². The van der Waals surface area contributed by atoms with Gasteiger partial charge in [0.05, 0.1) is 4.88 Å². The number of allylic oxidation sites excluding steroid dienone is 1. The van der Waals surface area contributed by atoms with Crippen LogP contribution >= 0.6 is 11.3 Å². The highest BCUT2D eigenvalue weighted by atomic mass is 32.1. The molecule has 1 N–H and O–H groups in total. The summed E-state index contributed by atoms with van der Waals surface area (Å²) in [5, 5.41) is 2.98. The highest BCUT2D eigenvalue weighted by Gasteiger charge is 2.15. The summed E-state index contributed by atoms with van der Waals surface area (Å²) in [6, 6.07) is 2.11. The first kappa shape index (κ1) is 13.3. The standard InChI is InChI=1S/C15H21NOS/c1-2-3-7-10-16-15(17)14-11-12-8-5-4-6-9-13(12)18-14/h2-3,11H,4-10H2,1H3,(H,16,17)/b3-2+. The summed E-state index contributed by atoms with van der Waals surface area (Å²) >= 11 is 1.69. The van der Waals surface area contributed by atoms with E-state index in [2.05, 4.69) is 17.5 Å². The third-order valence-corrected chi connectivity index (χ3v) is 4.54. The van der Waals surface area contributed by atoms with Crippen molar-refractivity contribution in [2.45, 2.75) is 45.4 Å². The first-order valence-corrected chi connectivity index (χ1v) is 7.64. The molecule has 0 aliphatic heterocycles. The van der Waals surface area contributed by atoms with Crippen molar-refractivity contribution in [1.29, 1.82) is 0 Å². The van der Waals surface area contributed by atoms with E-state index in [0.29, 0.717) is 0 Å². The predicted octanol–water partition coefficient (Wildman–Crippen LogP) is 3.71. The number of nitrogens with one attached hydrogen (secondary N) is 1. The molecule has 1 aliphatic rings. The third-order valence-electron chi connectivity index (χ3n) is 3.30. The summed E-state index contributed by atoms with van der Waals surface area (Å²) in [6.45, 7) is 2.73. The number of rotatable bonds is 4. The molecule has 1 aromatic rings. The smallest absolute Gasteiger partial charge is 0.261 e. The summed E-state index contributed by atoms with van der Waals surface area (Å²) in [5.74, 6) is 0.0950. The predicted molar refractivity (Wildman–Crippen MR) is 77.3 cm³/mol. The van der Waals surface area contributed by atoms with E-state index in [-0.39, 0.29) is 5.91 Å². The van der Waals surface area contributed by atoms with Crippen molar-refractivity contribution in [2.75, 3.05) is 6.54 Å². The van der Waals surface area contributed by atoms with Crippen molar-refractivity contribution >= 4 is 17.2 Å². The molecule has 0 fully saturated rings. The van der Waals surface area contributed by atoms with Gasteiger partial charge < -0.3 is 5.32 Å². The summed E-state index contributed by atoms with van der Waals surface area (Å²) < 4.78 is 0. The number of hydrogen-bond acceptors (Lipinski definition) is 2. The van der Waals surface area contributed by atoms with Crippen molar-refractivity contribution in [2.24, 2.45) is 0 Å². The van der Waals surface area contributed by atoms with E-state index in [1.54, 1.807) is 11.3 Å². The van der Waals surface area contributed by atoms with Crippen LogP contribution in [-0.4, -0.2) is 12.5 Å². The van der Waals surface area contributed by atoms with Crippen molar-refractivity contribution in [3.05, 3.63) is 33.5 Å². The van der Waals surface area contributed by atoms with Crippen molar-refractivity contribution in [3.8, 4) is 0 Å². The zero-order valence-electron chi connectivity index (χ0n) is 11.0. The van der Waals surface area contributed by atoms with Gasteiger partial charge in [-0.05, 0) is 50.7 Å². The molecule has 18 heavy (non-hydrogen) atoms. The van der Waals surface area contributed by atoms with E-state index in [1.165, 1.54) is 29.7 Å². The van der Waals surface area contributed by atoms with E-state index >= 15 is 0 Å². The molecule has 0 spiro atoms. The number of fused-ring (bicyclic) bond motifs is 1. The maximum absolute atomic E-state index is 12.0. The van der Waals surface area contributed by atoms with Crippen molar-refractivity contribution < 1.29 is 4.79 Å². The molecule has 2 rings (SSSR count). The highest BCUT2D eigenvalue weighted by molar-refractivity contribution is 7.14. The van der Waals surface area contributed by atoms with Crippen LogP contribution < -0.4 is 5.32 Å². The van der Waals surface area contributed by atoms with Gasteiger partial charge in [0.1, 0.15) is 0 Å². The Morgan fingerprint density at radius 3 is 3.06 bits per heavy atom. The van der Waals surface area contributed by atoms with Gasteiger partial charge in [0.25, 0.3) is 5.91 Å². The molecule has 0 saturated heterocycles. The van der Waals surface area contributed by atoms with E-state index in [1.807, 2.05) is 13.0 Å². The molecule has 1 aromatic heterocycles. The van der Waals surface area contributed by atoms with Crippen molar-refractivity contribution in [1.82, 2.24) is 5.32 Å². The molecule has 0 radical (unpaired) electrons. The lowest BCUT2D eigenvalue weighted by atomic mass is 10.1. The second-order valence-corrected chi connectivity index (χ2v) is 5.87. The van der Waals surface area contributed by atoms with E-state index < -0.39 is 0 Å². The van der Waals surface area contributed by atoms with Crippen LogP contribution in [0.5, 0.6) is 0 Å². The second-order valence-electron chi connectivity index (χ2n) is 4.73. The fourth-order valence-corrected chi connectivity index (χ4v) is 3.47. The molecule has 1 amide bonds. The molecule has 0 aromatic carbocycles. The second kappa shape index (κ2) is 6.74. The minimum atomic E-state index is 0.0950. The van der Waals surface area contributed by atoms with Crippen LogP contribution in [0.25, 0.3) is 0 Å². The number of amides is 1. The van der Waals surface area contributed by atoms with Gasteiger partial charge >= 0.3 is 0 Å². The maximum atomic E-state index is 12.0. The van der Waals surface area contributed by atoms with Crippen LogP contribution in [0.3, 0.4) is 0 Å². The molecule has 2 nitrogen and oxygen atoms in total. The molecule has 0 atom stereocenters. The first-order valence-electron chi connectivity index (χ1n) is 6.82. The quantitative estimate of drug-likeness (QED) is 0.501. The third kappa shape index (κ3) is 3.45. The minimum Gasteiger partial charge on any atom is -0.351 e. The fraction of sp³-hybridized carbons (Fsp3) is 0.533. The SMILES string of the molecule is C/C=C/CCNC(=O)c1cc2c(s1)CCCCC2. The van der Waals surface area contributed by atoms with Gasteiger partial charge in [-0.3, -0.25) is 4.79 Å². The number of aryl methyl sites for hydroxylation is 2. The van der Waals surface area contributed by atoms with E-state index in [0.717, 1.165) is 30.7 Å². The van der Waals surface area contributed by atoms with Gasteiger partial charge in [-0.15, -0.1) is 11.3 Å². The molecule has 0 unspecified atom stereocenters. The summed E-state index contributed by atoms with van der Waals surface area (Å²) in [6.07, 6.45) is 11.2. The highest BCUT2D eigenvalue weighted by Crippen LogP contribution is 2.28. The van der Waals surface area contributed by atoms with Gasteiger partial charge in [0.15, 0.2) is 0 Å². The van der Waals surface area contributed by atoms with Crippen LogP contribution in [0.15, 0.2) is 18.2 Å². The molecule has 3 heteroatoms. The Bertz CT molecular complexity index is 410. The average Bonchev–Trinajstić information content (AvgIpc) is 2.66. The van der Waals surface area contributed by atoms with Gasteiger partial charge in [0, 0.05) is 11.4 Å². The van der Waals surface area contributed by atoms with Gasteiger partial charge in [-0.2, -0.15) is 0 Å². The molecular weight excluding hydrogens is 242 g/mol. The number of carbonyl (C=O) groups excluding carboxylic acids is 1. The normalized spacial score (nSPS) is 15.4. The van der Waals surface area contributed by atoms with Crippen LogP contribution in [0.1, 0.15) is 52.7 Å². The minimum absolute atomic E-state index is 0.0950. The van der Waals surface area contributed by atoms with Crippen molar-refractivity contribution in [3.63, 3.8) is 0 Å². The maximum Gasteiger partial charge on any atom is 0.261 e. The monoisotopic (exact) mass is 263 g/mol. The summed E-state index contributed by atoms with van der Waals surface area (Å²) in [4.78, 5) is 14.3. The van der Waals surface area contributed by atoms with Crippen LogP contribution in [-0.2, 0) is 12.8 Å². The molecule has 1 heterocycles. The summed E-state index contributed by atoms with van der Waals surface area (Å²) in [7, 11) is 0. The van der Waals surface area contributed by atoms with Gasteiger partial charge in [0.2, 0.25) is 0 Å². The number of thiophene rings is 1. The van der Waals surface area contributed by atoms with Crippen LogP contribution in [0.4, 0.5) is 0 Å². The Morgan fingerprint density at radius 2 is 2.22 bits per heavy atom. The Morgan fingerprint density at radius 1 is 1.39 bits per heavy atom. The van der Waals surface area contributed by atoms with E-state index in [9.17, 15) is 4.79 Å². The van der Waals surface area contributed by atoms with Gasteiger partial charge in [-0.25, -0.2) is 0 Å². The average molecular weight is 263 g/mol. The largest absolute Gasteiger partial charge is 0.351 e. The first-order chi connectivity index (χ1) is 8.81. The molecule has 1 aliphatic carbocycles. The zero-order valence-corrected chi connectivity index (χ0v) is 11.8. The Hall–Kier alpha value is -1.09. The fourth-order valence-electron chi connectivity index (χ4n) is 2.30. The topological polar surface area (TPSA) is 29.1 Å². The van der Waals surface area contributed by atoms with E-state index in [4.69, 9.17) is 0 Å². The lowest BCUT2D eigenvalue weighted by Crippen LogP contribution is -2.23. The summed E-state index contributed by atoms with van der Waals surface area (Å²) in [5.41, 5.74) is 1.41. The Balaban J connectivity index is 1.94.